The van der Waals surface area contributed by atoms with Crippen LogP contribution in [0.15, 0.2) is 89.1 Å². The molecule has 2 aromatic carbocycles. The summed E-state index contributed by atoms with van der Waals surface area (Å²) in [5.74, 6) is 0.257. The smallest absolute Gasteiger partial charge is 0.316 e. The van der Waals surface area contributed by atoms with Crippen LogP contribution in [0.1, 0.15) is 61.7 Å². The third kappa shape index (κ3) is 6.10. The lowest BCUT2D eigenvalue weighted by Gasteiger charge is -2.26. The Morgan fingerprint density at radius 1 is 1.10 bits per heavy atom. The highest BCUT2D eigenvalue weighted by Crippen LogP contribution is 2.33. The number of ether oxygens (including phenoxy) is 1. The molecule has 4 bridgehead atoms. The zero-order valence-corrected chi connectivity index (χ0v) is 24.9. The van der Waals surface area contributed by atoms with Crippen LogP contribution in [0.3, 0.4) is 0 Å². The van der Waals surface area contributed by atoms with E-state index >= 15 is 0 Å². The van der Waals surface area contributed by atoms with Gasteiger partial charge in [0.05, 0.1) is 5.41 Å². The average Bonchev–Trinajstić information content (AvgIpc) is 3.69. The summed E-state index contributed by atoms with van der Waals surface area (Å²) >= 11 is 0. The van der Waals surface area contributed by atoms with Gasteiger partial charge in [0.2, 0.25) is 0 Å². The normalized spacial score (nSPS) is 19.7. The van der Waals surface area contributed by atoms with E-state index in [0.29, 0.717) is 12.2 Å². The van der Waals surface area contributed by atoms with Crippen LogP contribution in [-0.2, 0) is 21.4 Å². The van der Waals surface area contributed by atoms with Crippen molar-refractivity contribution in [3.63, 3.8) is 0 Å². The van der Waals surface area contributed by atoms with Crippen molar-refractivity contribution in [3.8, 4) is 0 Å². The molecule has 42 heavy (non-hydrogen) atoms. The monoisotopic (exact) mass is 579 g/mol. The molecule has 0 aliphatic carbocycles. The summed E-state index contributed by atoms with van der Waals surface area (Å²) in [5.41, 5.74) is 5.05. The van der Waals surface area contributed by atoms with Gasteiger partial charge in [-0.2, -0.15) is 5.10 Å². The highest BCUT2D eigenvalue weighted by molar-refractivity contribution is 8.17. The summed E-state index contributed by atoms with van der Waals surface area (Å²) < 4.78 is 6.17. The lowest BCUT2D eigenvalue weighted by atomic mass is 9.85. The van der Waals surface area contributed by atoms with E-state index < -0.39 is 11.5 Å². The fourth-order valence-corrected chi connectivity index (χ4v) is 6.83. The van der Waals surface area contributed by atoms with Crippen LogP contribution >= 0.6 is 10.5 Å². The number of nitrogens with zero attached hydrogens (tertiary/aromatic N) is 2. The van der Waals surface area contributed by atoms with E-state index in [1.165, 1.54) is 22.1 Å². The molecule has 2 aliphatic heterocycles. The number of allylic oxidation sites excluding steroid dienone is 3. The van der Waals surface area contributed by atoms with Crippen molar-refractivity contribution in [1.82, 2.24) is 25.5 Å². The molecule has 216 valence electrons. The topological polar surface area (TPSA) is 95.7 Å². The van der Waals surface area contributed by atoms with Crippen molar-refractivity contribution in [3.05, 3.63) is 106 Å². The molecule has 2 atom stereocenters. The number of rotatable bonds is 3. The van der Waals surface area contributed by atoms with Gasteiger partial charge < -0.3 is 15.0 Å². The van der Waals surface area contributed by atoms with E-state index in [-0.39, 0.29) is 16.5 Å². The van der Waals surface area contributed by atoms with Crippen molar-refractivity contribution < 1.29 is 9.53 Å². The number of benzene rings is 2. The first kappa shape index (κ1) is 28.1. The Labute approximate surface area is 249 Å². The molecule has 2 aliphatic rings. The van der Waals surface area contributed by atoms with Crippen molar-refractivity contribution in [2.24, 2.45) is 0 Å². The van der Waals surface area contributed by atoms with Gasteiger partial charge in [0.1, 0.15) is 0 Å². The lowest BCUT2D eigenvalue weighted by Crippen LogP contribution is -2.32. The molecule has 4 heterocycles. The van der Waals surface area contributed by atoms with Crippen LogP contribution in [0.5, 0.6) is 0 Å². The predicted octanol–water partition coefficient (Wildman–Crippen LogP) is 6.76. The Morgan fingerprint density at radius 3 is 2.86 bits per heavy atom. The average molecular weight is 580 g/mol. The molecular weight excluding hydrogens is 542 g/mol. The standard InChI is InChI=1S/C34H37N5O2S/c1-34(2,26-11-4-3-5-12-26)32(40)41-30-14-6-7-18-35-19-8-13-27-25(15-16-29-28(27)17-20-36-29)22-24-10-9-21-42(23-24)33-37-31(30)38-39-33/h3-5,8-13,15-17,20-21,23,30,35-36H,6-7,14,18-19,22H2,1-2H3,(H,37,38,39). The summed E-state index contributed by atoms with van der Waals surface area (Å²) in [6.45, 7) is 5.47. The number of nitrogens with one attached hydrogen (secondary N) is 3. The summed E-state index contributed by atoms with van der Waals surface area (Å²) in [6, 6.07) is 16.3. The minimum atomic E-state index is -0.788. The van der Waals surface area contributed by atoms with Crippen LogP contribution in [0.2, 0.25) is 0 Å². The van der Waals surface area contributed by atoms with E-state index in [1.807, 2.05) is 50.4 Å². The summed E-state index contributed by atoms with van der Waals surface area (Å²) in [5, 5.41) is 17.7. The molecule has 2 unspecified atom stereocenters. The molecule has 3 N–H and O–H groups in total. The number of aromatic amines is 2. The first-order valence-corrected chi connectivity index (χ1v) is 15.9. The first-order chi connectivity index (χ1) is 20.5. The summed E-state index contributed by atoms with van der Waals surface area (Å²) in [6.07, 6.45) is 13.5. The van der Waals surface area contributed by atoms with Crippen LogP contribution in [0.25, 0.3) is 17.0 Å². The van der Waals surface area contributed by atoms with Gasteiger partial charge in [0.25, 0.3) is 0 Å². The van der Waals surface area contributed by atoms with Gasteiger partial charge in [0, 0.05) is 23.6 Å². The number of carbonyl (C=O) groups is 1. The molecule has 0 spiro atoms. The van der Waals surface area contributed by atoms with Gasteiger partial charge in [0.15, 0.2) is 17.1 Å². The maximum Gasteiger partial charge on any atom is 0.316 e. The van der Waals surface area contributed by atoms with E-state index in [4.69, 9.17) is 9.72 Å². The zero-order chi connectivity index (χ0) is 28.9. The molecule has 6 rings (SSSR count). The van der Waals surface area contributed by atoms with E-state index in [2.05, 4.69) is 73.8 Å². The fourth-order valence-electron chi connectivity index (χ4n) is 5.42. The van der Waals surface area contributed by atoms with Gasteiger partial charge >= 0.3 is 5.97 Å². The van der Waals surface area contributed by atoms with Crippen LogP contribution in [0, 0.1) is 0 Å². The second-order valence-electron chi connectivity index (χ2n) is 11.3. The molecule has 2 aromatic heterocycles. The maximum absolute atomic E-state index is 13.5. The minimum Gasteiger partial charge on any atom is -0.453 e. The number of fused-ring (bicyclic) bond motifs is 7. The minimum absolute atomic E-state index is 0.276. The van der Waals surface area contributed by atoms with Gasteiger partial charge in [-0.25, -0.2) is 4.98 Å². The molecule has 0 fully saturated rings. The van der Waals surface area contributed by atoms with Gasteiger partial charge in [-0.3, -0.25) is 9.89 Å². The second-order valence-corrected chi connectivity index (χ2v) is 12.9. The number of aromatic nitrogens is 4. The Balaban J connectivity index is 1.29. The van der Waals surface area contributed by atoms with E-state index in [9.17, 15) is 4.79 Å². The number of hydrogen-bond acceptors (Lipinski definition) is 5. The molecule has 4 aromatic rings. The van der Waals surface area contributed by atoms with E-state index in [1.54, 1.807) is 0 Å². The Morgan fingerprint density at radius 2 is 1.98 bits per heavy atom. The predicted molar refractivity (Wildman–Crippen MR) is 172 cm³/mol. The highest BCUT2D eigenvalue weighted by atomic mass is 32.2. The molecular formula is C34H37N5O2S. The van der Waals surface area contributed by atoms with Crippen LogP contribution in [0.4, 0.5) is 0 Å². The summed E-state index contributed by atoms with van der Waals surface area (Å²) in [4.78, 5) is 21.7. The third-order valence-electron chi connectivity index (χ3n) is 7.94. The molecule has 0 saturated heterocycles. The Bertz CT molecular complexity index is 1690. The van der Waals surface area contributed by atoms with Crippen molar-refractivity contribution in [1.29, 1.82) is 0 Å². The number of H-pyrrole nitrogens is 2. The third-order valence-corrected chi connectivity index (χ3v) is 9.58. The zero-order valence-electron chi connectivity index (χ0n) is 24.1. The Hall–Kier alpha value is -4.01. The molecule has 0 radical (unpaired) electrons. The van der Waals surface area contributed by atoms with Gasteiger partial charge in [-0.05, 0) is 91.2 Å². The SMILES string of the molecule is CC(C)(C(=O)OC1CCCCNCC=Cc2c(ccc3[nH]ccc23)CC2=CC=CS(=C2)c2nc1n[nH]2)c1ccccc1. The fraction of sp³-hybridized carbons (Fsp3) is 0.294. The number of carbonyl (C=O) groups excluding carboxylic acids is 1. The largest absolute Gasteiger partial charge is 0.453 e. The Kier molecular flexibility index (Phi) is 8.35. The van der Waals surface area contributed by atoms with Crippen LogP contribution < -0.4 is 5.32 Å². The van der Waals surface area contributed by atoms with Gasteiger partial charge in [-0.1, -0.05) is 71.2 Å². The molecule has 7 nitrogen and oxygen atoms in total. The first-order valence-electron chi connectivity index (χ1n) is 14.6. The van der Waals surface area contributed by atoms with Gasteiger partial charge in [-0.15, -0.1) is 0 Å². The van der Waals surface area contributed by atoms with E-state index in [0.717, 1.165) is 48.6 Å². The van der Waals surface area contributed by atoms with Crippen molar-refractivity contribution in [2.75, 3.05) is 13.1 Å². The molecule has 0 saturated carbocycles. The van der Waals surface area contributed by atoms with Crippen LogP contribution in [-0.4, -0.2) is 44.6 Å². The molecule has 0 amide bonds. The molecule has 8 heteroatoms. The summed E-state index contributed by atoms with van der Waals surface area (Å²) in [7, 11) is -0.370. The quantitative estimate of drug-likeness (QED) is 0.184. The highest BCUT2D eigenvalue weighted by Gasteiger charge is 2.34. The van der Waals surface area contributed by atoms with Crippen molar-refractivity contribution in [2.45, 2.75) is 56.2 Å². The second kappa shape index (κ2) is 12.5. The maximum atomic E-state index is 13.5. The number of hydrogen-bond donors (Lipinski definition) is 3. The number of esters is 1. The van der Waals surface area contributed by atoms with Crippen molar-refractivity contribution >= 4 is 38.8 Å². The lowest BCUT2D eigenvalue weighted by molar-refractivity contribution is -0.156.